The molecule has 0 aliphatic rings. The number of halogens is 1. The Balaban J connectivity index is 2.52. The van der Waals surface area contributed by atoms with Crippen LogP contribution in [-0.4, -0.2) is 21.0 Å². The average molecular weight is 314 g/mol. The molecule has 2 rings (SSSR count). The van der Waals surface area contributed by atoms with Crippen LogP contribution in [0.15, 0.2) is 24.5 Å². The van der Waals surface area contributed by atoms with Crippen molar-refractivity contribution in [2.75, 3.05) is 0 Å². The van der Waals surface area contributed by atoms with Gasteiger partial charge in [-0.3, -0.25) is 0 Å². The summed E-state index contributed by atoms with van der Waals surface area (Å²) in [5.41, 5.74) is 2.67. The van der Waals surface area contributed by atoms with Gasteiger partial charge in [0.05, 0.1) is 11.8 Å². The number of carboxylic acid groups (broad SMARTS) is 1. The lowest BCUT2D eigenvalue weighted by Crippen LogP contribution is -1.88. The molecule has 15 heavy (non-hydrogen) atoms. The Morgan fingerprint density at radius 3 is 3.07 bits per heavy atom. The summed E-state index contributed by atoms with van der Waals surface area (Å²) in [6, 6.07) is 3.74. The van der Waals surface area contributed by atoms with E-state index < -0.39 is 5.97 Å². The maximum atomic E-state index is 10.4. The first kappa shape index (κ1) is 10.2. The second-order valence-electron chi connectivity index (χ2n) is 2.94. The molecular formula is C10H7IN2O2. The van der Waals surface area contributed by atoms with E-state index in [9.17, 15) is 4.79 Å². The number of H-pyrrole nitrogens is 1. The zero-order valence-electron chi connectivity index (χ0n) is 7.57. The summed E-state index contributed by atoms with van der Waals surface area (Å²) in [4.78, 5) is 17.5. The van der Waals surface area contributed by atoms with Crippen LogP contribution in [0.5, 0.6) is 0 Å². The molecule has 1 aromatic carbocycles. The molecule has 0 aliphatic heterocycles. The van der Waals surface area contributed by atoms with E-state index >= 15 is 0 Å². The van der Waals surface area contributed by atoms with Gasteiger partial charge in [-0.2, -0.15) is 0 Å². The van der Waals surface area contributed by atoms with Gasteiger partial charge in [-0.15, -0.1) is 0 Å². The van der Waals surface area contributed by atoms with Crippen LogP contribution >= 0.6 is 22.6 Å². The number of rotatable bonds is 2. The summed E-state index contributed by atoms with van der Waals surface area (Å²) in [7, 11) is 0. The second-order valence-corrected chi connectivity index (χ2v) is 4.02. The summed E-state index contributed by atoms with van der Waals surface area (Å²) in [6.07, 6.45) is 4.31. The van der Waals surface area contributed by atoms with Gasteiger partial charge in [0.25, 0.3) is 0 Å². The fraction of sp³-hybridized carbons (Fsp3) is 0. The van der Waals surface area contributed by atoms with Crippen molar-refractivity contribution in [3.8, 4) is 0 Å². The quantitative estimate of drug-likeness (QED) is 0.660. The summed E-state index contributed by atoms with van der Waals surface area (Å²) in [6.45, 7) is 0. The molecule has 0 bridgehead atoms. The fourth-order valence-corrected chi connectivity index (χ4v) is 2.07. The highest BCUT2D eigenvalue weighted by molar-refractivity contribution is 14.1. The third-order valence-corrected chi connectivity index (χ3v) is 3.10. The number of carbonyl (C=O) groups is 1. The molecule has 0 atom stereocenters. The molecule has 1 heterocycles. The lowest BCUT2D eigenvalue weighted by molar-refractivity contribution is -0.131. The predicted molar refractivity (Wildman–Crippen MR) is 65.5 cm³/mol. The highest BCUT2D eigenvalue weighted by Gasteiger charge is 2.04. The Morgan fingerprint density at radius 2 is 2.33 bits per heavy atom. The normalized spacial score (nSPS) is 11.3. The molecule has 1 aromatic heterocycles. The molecule has 0 aliphatic carbocycles. The van der Waals surface area contributed by atoms with Gasteiger partial charge in [-0.05, 0) is 40.3 Å². The third kappa shape index (κ3) is 2.01. The van der Waals surface area contributed by atoms with Crippen molar-refractivity contribution in [2.45, 2.75) is 0 Å². The molecule has 0 radical (unpaired) electrons. The Morgan fingerprint density at radius 1 is 1.53 bits per heavy atom. The molecule has 0 saturated carbocycles. The first-order valence-corrected chi connectivity index (χ1v) is 5.29. The van der Waals surface area contributed by atoms with E-state index in [1.54, 1.807) is 12.4 Å². The van der Waals surface area contributed by atoms with Crippen molar-refractivity contribution in [1.82, 2.24) is 9.97 Å². The Bertz CT molecular complexity index is 545. The molecular weight excluding hydrogens is 307 g/mol. The van der Waals surface area contributed by atoms with E-state index in [1.807, 2.05) is 12.1 Å². The van der Waals surface area contributed by atoms with Gasteiger partial charge in [0, 0.05) is 9.65 Å². The highest BCUT2D eigenvalue weighted by Crippen LogP contribution is 2.22. The minimum atomic E-state index is -0.951. The van der Waals surface area contributed by atoms with Gasteiger partial charge in [0.15, 0.2) is 0 Å². The summed E-state index contributed by atoms with van der Waals surface area (Å²) < 4.78 is 0.948. The number of aromatic nitrogens is 2. The van der Waals surface area contributed by atoms with E-state index in [-0.39, 0.29) is 0 Å². The topological polar surface area (TPSA) is 66.0 Å². The van der Waals surface area contributed by atoms with Crippen LogP contribution in [0.2, 0.25) is 0 Å². The zero-order valence-corrected chi connectivity index (χ0v) is 9.72. The minimum absolute atomic E-state index is 0.859. The lowest BCUT2D eigenvalue weighted by atomic mass is 10.2. The molecule has 0 saturated heterocycles. The third-order valence-electron chi connectivity index (χ3n) is 1.97. The molecule has 0 fully saturated rings. The molecule has 76 valence electrons. The van der Waals surface area contributed by atoms with Crippen molar-refractivity contribution in [3.05, 3.63) is 33.7 Å². The number of imidazole rings is 1. The first-order valence-electron chi connectivity index (χ1n) is 4.21. The van der Waals surface area contributed by atoms with Gasteiger partial charge in [0.2, 0.25) is 0 Å². The van der Waals surface area contributed by atoms with Gasteiger partial charge in [-0.25, -0.2) is 9.78 Å². The van der Waals surface area contributed by atoms with Crippen LogP contribution in [0, 0.1) is 3.57 Å². The molecule has 2 N–H and O–H groups in total. The molecule has 0 unspecified atom stereocenters. The fourth-order valence-electron chi connectivity index (χ4n) is 1.28. The van der Waals surface area contributed by atoms with Crippen LogP contribution in [0.3, 0.4) is 0 Å². The number of nitrogens with zero attached hydrogens (tertiary/aromatic N) is 1. The number of carboxylic acids is 1. The number of fused-ring (bicyclic) bond motifs is 1. The molecule has 2 aromatic rings. The van der Waals surface area contributed by atoms with Crippen molar-refractivity contribution < 1.29 is 9.90 Å². The van der Waals surface area contributed by atoms with E-state index in [2.05, 4.69) is 32.6 Å². The van der Waals surface area contributed by atoms with Crippen LogP contribution < -0.4 is 0 Å². The monoisotopic (exact) mass is 314 g/mol. The summed E-state index contributed by atoms with van der Waals surface area (Å²) in [5.74, 6) is -0.951. The molecule has 5 heteroatoms. The average Bonchev–Trinajstić information content (AvgIpc) is 2.65. The van der Waals surface area contributed by atoms with E-state index in [1.165, 1.54) is 0 Å². The summed E-state index contributed by atoms with van der Waals surface area (Å²) in [5, 5.41) is 8.53. The van der Waals surface area contributed by atoms with Gasteiger partial charge in [-0.1, -0.05) is 6.07 Å². The number of nitrogens with one attached hydrogen (secondary N) is 1. The standard InChI is InChI=1S/C10H7IN2O2/c11-9-6(2-4-8(14)15)1-3-7-10(9)13-5-12-7/h1-5H,(H,12,13)(H,14,15)/b4-2+. The molecule has 0 amide bonds. The Kier molecular flexibility index (Phi) is 2.72. The first-order chi connectivity index (χ1) is 7.18. The van der Waals surface area contributed by atoms with Crippen LogP contribution in [0.1, 0.15) is 5.56 Å². The zero-order chi connectivity index (χ0) is 10.8. The predicted octanol–water partition coefficient (Wildman–Crippen LogP) is 2.27. The summed E-state index contributed by atoms with van der Waals surface area (Å²) >= 11 is 2.16. The van der Waals surface area contributed by atoms with Gasteiger partial charge < -0.3 is 10.1 Å². The van der Waals surface area contributed by atoms with Crippen molar-refractivity contribution in [1.29, 1.82) is 0 Å². The largest absolute Gasteiger partial charge is 0.478 e. The number of hydrogen-bond donors (Lipinski definition) is 2. The van der Waals surface area contributed by atoms with Crippen LogP contribution in [-0.2, 0) is 4.79 Å². The van der Waals surface area contributed by atoms with Crippen molar-refractivity contribution >= 4 is 45.7 Å². The molecule has 4 nitrogen and oxygen atoms in total. The SMILES string of the molecule is O=C(O)/C=C/c1ccc2[nH]cnc2c1I. The number of benzene rings is 1. The van der Waals surface area contributed by atoms with E-state index in [0.29, 0.717) is 0 Å². The minimum Gasteiger partial charge on any atom is -0.478 e. The van der Waals surface area contributed by atoms with Crippen molar-refractivity contribution in [3.63, 3.8) is 0 Å². The smallest absolute Gasteiger partial charge is 0.328 e. The number of aliphatic carboxylic acids is 1. The van der Waals surface area contributed by atoms with E-state index in [4.69, 9.17) is 5.11 Å². The Hall–Kier alpha value is -1.37. The highest BCUT2D eigenvalue weighted by atomic mass is 127. The second kappa shape index (κ2) is 4.01. The van der Waals surface area contributed by atoms with Crippen molar-refractivity contribution in [2.24, 2.45) is 0 Å². The molecule has 0 spiro atoms. The maximum absolute atomic E-state index is 10.4. The van der Waals surface area contributed by atoms with Crippen LogP contribution in [0.25, 0.3) is 17.1 Å². The number of aromatic amines is 1. The maximum Gasteiger partial charge on any atom is 0.328 e. The van der Waals surface area contributed by atoms with Gasteiger partial charge >= 0.3 is 5.97 Å². The lowest BCUT2D eigenvalue weighted by Gasteiger charge is -1.98. The Labute approximate surface area is 99.2 Å². The van der Waals surface area contributed by atoms with Gasteiger partial charge in [0.1, 0.15) is 5.52 Å². The van der Waals surface area contributed by atoms with E-state index in [0.717, 1.165) is 26.2 Å². The number of hydrogen-bond acceptors (Lipinski definition) is 2. The van der Waals surface area contributed by atoms with Crippen LogP contribution in [0.4, 0.5) is 0 Å².